The van der Waals surface area contributed by atoms with Crippen LogP contribution in [0.25, 0.3) is 22.4 Å². The maximum absolute atomic E-state index is 13.7. The van der Waals surface area contributed by atoms with Crippen LogP contribution in [0.3, 0.4) is 0 Å². The highest BCUT2D eigenvalue weighted by Crippen LogP contribution is 2.32. The molecule has 3 rings (SSSR count). The third-order valence-corrected chi connectivity index (χ3v) is 4.28. The first-order valence-corrected chi connectivity index (χ1v) is 8.64. The first-order chi connectivity index (χ1) is 12.9. The van der Waals surface area contributed by atoms with Crippen LogP contribution in [0.4, 0.5) is 14.6 Å². The first kappa shape index (κ1) is 18.5. The standard InChI is InChI=1S/C22H19F2N3/c1-13(2)9-14-3-5-15(6-4-14)21-11-17(18(12-25)22(26)27-21)16-7-8-19(23)20(24)10-16/h3-8,10-11,13H,9H2,1-2H3,(H2,26,27). The van der Waals surface area contributed by atoms with E-state index in [9.17, 15) is 14.0 Å². The van der Waals surface area contributed by atoms with Gasteiger partial charge in [0, 0.05) is 11.1 Å². The number of nitriles is 1. The molecule has 27 heavy (non-hydrogen) atoms. The lowest BCUT2D eigenvalue weighted by Crippen LogP contribution is -2.00. The van der Waals surface area contributed by atoms with Crippen molar-refractivity contribution >= 4 is 5.82 Å². The van der Waals surface area contributed by atoms with Crippen LogP contribution in [0.2, 0.25) is 0 Å². The minimum absolute atomic E-state index is 0.0565. The summed E-state index contributed by atoms with van der Waals surface area (Å²) < 4.78 is 26.9. The van der Waals surface area contributed by atoms with Gasteiger partial charge in [-0.2, -0.15) is 5.26 Å². The summed E-state index contributed by atoms with van der Waals surface area (Å²) in [6.07, 6.45) is 0.976. The summed E-state index contributed by atoms with van der Waals surface area (Å²) in [5, 5.41) is 9.43. The highest BCUT2D eigenvalue weighted by Gasteiger charge is 2.15. The Morgan fingerprint density at radius 3 is 2.26 bits per heavy atom. The van der Waals surface area contributed by atoms with Crippen LogP contribution in [-0.2, 0) is 6.42 Å². The second-order valence-electron chi connectivity index (χ2n) is 6.85. The molecule has 0 unspecified atom stereocenters. The summed E-state index contributed by atoms with van der Waals surface area (Å²) in [4.78, 5) is 4.32. The Morgan fingerprint density at radius 1 is 1.00 bits per heavy atom. The zero-order valence-corrected chi connectivity index (χ0v) is 15.1. The summed E-state index contributed by atoms with van der Waals surface area (Å²) in [6, 6.07) is 15.1. The molecule has 5 heteroatoms. The smallest absolute Gasteiger partial charge is 0.159 e. The molecule has 2 N–H and O–H groups in total. The fourth-order valence-electron chi connectivity index (χ4n) is 3.00. The van der Waals surface area contributed by atoms with E-state index in [0.29, 0.717) is 22.7 Å². The zero-order chi connectivity index (χ0) is 19.6. The van der Waals surface area contributed by atoms with Crippen molar-refractivity contribution in [2.45, 2.75) is 20.3 Å². The van der Waals surface area contributed by atoms with E-state index in [1.807, 2.05) is 30.3 Å². The quantitative estimate of drug-likeness (QED) is 0.680. The number of halogens is 2. The molecule has 0 saturated heterocycles. The van der Waals surface area contributed by atoms with Crippen LogP contribution in [0.15, 0.2) is 48.5 Å². The van der Waals surface area contributed by atoms with Crippen LogP contribution >= 0.6 is 0 Å². The molecular weight excluding hydrogens is 344 g/mol. The molecule has 0 atom stereocenters. The largest absolute Gasteiger partial charge is 0.383 e. The van der Waals surface area contributed by atoms with E-state index >= 15 is 0 Å². The first-order valence-electron chi connectivity index (χ1n) is 8.64. The van der Waals surface area contributed by atoms with Gasteiger partial charge >= 0.3 is 0 Å². The van der Waals surface area contributed by atoms with Gasteiger partial charge in [-0.1, -0.05) is 44.2 Å². The molecule has 1 aromatic heterocycles. The van der Waals surface area contributed by atoms with Crippen LogP contribution in [0.5, 0.6) is 0 Å². The maximum Gasteiger partial charge on any atom is 0.159 e. The van der Waals surface area contributed by atoms with Crippen molar-refractivity contribution in [1.29, 1.82) is 5.26 Å². The van der Waals surface area contributed by atoms with Gasteiger partial charge in [0.2, 0.25) is 0 Å². The topological polar surface area (TPSA) is 62.7 Å². The number of hydrogen-bond acceptors (Lipinski definition) is 3. The summed E-state index contributed by atoms with van der Waals surface area (Å²) >= 11 is 0. The molecular formula is C22H19F2N3. The Hall–Kier alpha value is -3.26. The van der Waals surface area contributed by atoms with Gasteiger partial charge in [-0.3, -0.25) is 0 Å². The van der Waals surface area contributed by atoms with E-state index in [1.165, 1.54) is 11.6 Å². The van der Waals surface area contributed by atoms with E-state index in [4.69, 9.17) is 5.73 Å². The van der Waals surface area contributed by atoms with Gasteiger partial charge < -0.3 is 5.73 Å². The molecule has 3 aromatic rings. The SMILES string of the molecule is CC(C)Cc1ccc(-c2cc(-c3ccc(F)c(F)c3)c(C#N)c(N)n2)cc1. The number of pyridine rings is 1. The molecule has 0 aliphatic heterocycles. The normalized spacial score (nSPS) is 10.8. The number of anilines is 1. The van der Waals surface area contributed by atoms with E-state index in [2.05, 4.69) is 18.8 Å². The fraction of sp³-hybridized carbons (Fsp3) is 0.182. The minimum atomic E-state index is -0.980. The molecule has 3 nitrogen and oxygen atoms in total. The van der Waals surface area contributed by atoms with Gasteiger partial charge in [0.25, 0.3) is 0 Å². The van der Waals surface area contributed by atoms with Crippen molar-refractivity contribution in [2.24, 2.45) is 5.92 Å². The summed E-state index contributed by atoms with van der Waals surface area (Å²) in [7, 11) is 0. The van der Waals surface area contributed by atoms with Crippen molar-refractivity contribution < 1.29 is 8.78 Å². The number of nitrogens with two attached hydrogens (primary N) is 1. The molecule has 0 spiro atoms. The van der Waals surface area contributed by atoms with E-state index in [-0.39, 0.29) is 11.4 Å². The molecule has 2 aromatic carbocycles. The number of nitrogen functional groups attached to an aromatic ring is 1. The second kappa shape index (κ2) is 7.55. The molecule has 1 heterocycles. The Bertz CT molecular complexity index is 1020. The molecule has 136 valence electrons. The van der Waals surface area contributed by atoms with Gasteiger partial charge in [-0.15, -0.1) is 0 Å². The second-order valence-corrected chi connectivity index (χ2v) is 6.85. The zero-order valence-electron chi connectivity index (χ0n) is 15.1. The fourth-order valence-corrected chi connectivity index (χ4v) is 3.00. The van der Waals surface area contributed by atoms with Gasteiger partial charge in [0.15, 0.2) is 11.6 Å². The van der Waals surface area contributed by atoms with E-state index in [0.717, 1.165) is 24.1 Å². The van der Waals surface area contributed by atoms with Gasteiger partial charge in [0.1, 0.15) is 17.5 Å². The highest BCUT2D eigenvalue weighted by atomic mass is 19.2. The predicted octanol–water partition coefficient (Wildman–Crippen LogP) is 5.35. The van der Waals surface area contributed by atoms with Crippen molar-refractivity contribution in [3.05, 3.63) is 71.3 Å². The summed E-state index contributed by atoms with van der Waals surface area (Å²) in [5.74, 6) is -1.31. The van der Waals surface area contributed by atoms with Crippen molar-refractivity contribution in [3.8, 4) is 28.5 Å². The van der Waals surface area contributed by atoms with Crippen LogP contribution < -0.4 is 5.73 Å². The third-order valence-electron chi connectivity index (χ3n) is 4.28. The number of nitrogens with zero attached hydrogens (tertiary/aromatic N) is 2. The average Bonchev–Trinajstić information content (AvgIpc) is 2.63. The van der Waals surface area contributed by atoms with Crippen molar-refractivity contribution in [1.82, 2.24) is 4.98 Å². The average molecular weight is 363 g/mol. The van der Waals surface area contributed by atoms with E-state index in [1.54, 1.807) is 6.07 Å². The van der Waals surface area contributed by atoms with Crippen LogP contribution in [0, 0.1) is 28.9 Å². The lowest BCUT2D eigenvalue weighted by molar-refractivity contribution is 0.509. The number of rotatable bonds is 4. The number of hydrogen-bond donors (Lipinski definition) is 1. The van der Waals surface area contributed by atoms with Crippen molar-refractivity contribution in [2.75, 3.05) is 5.73 Å². The number of aromatic nitrogens is 1. The molecule has 0 bridgehead atoms. The maximum atomic E-state index is 13.7. The molecule has 0 aliphatic carbocycles. The molecule has 0 radical (unpaired) electrons. The van der Waals surface area contributed by atoms with Crippen LogP contribution in [0.1, 0.15) is 25.0 Å². The van der Waals surface area contributed by atoms with Gasteiger partial charge in [-0.25, -0.2) is 13.8 Å². The molecule has 0 aliphatic rings. The van der Waals surface area contributed by atoms with Gasteiger partial charge in [-0.05, 0) is 41.7 Å². The monoisotopic (exact) mass is 363 g/mol. The van der Waals surface area contributed by atoms with Crippen LogP contribution in [-0.4, -0.2) is 4.98 Å². The lowest BCUT2D eigenvalue weighted by Gasteiger charge is -2.11. The minimum Gasteiger partial charge on any atom is -0.383 e. The van der Waals surface area contributed by atoms with Crippen molar-refractivity contribution in [3.63, 3.8) is 0 Å². The number of benzene rings is 2. The Balaban J connectivity index is 2.09. The summed E-state index contributed by atoms with van der Waals surface area (Å²) in [6.45, 7) is 4.32. The summed E-state index contributed by atoms with van der Waals surface area (Å²) in [5.41, 5.74) is 9.53. The Kier molecular flexibility index (Phi) is 5.18. The molecule has 0 amide bonds. The van der Waals surface area contributed by atoms with Gasteiger partial charge in [0.05, 0.1) is 5.69 Å². The van der Waals surface area contributed by atoms with E-state index < -0.39 is 11.6 Å². The Labute approximate surface area is 157 Å². The molecule has 0 fully saturated rings. The third kappa shape index (κ3) is 3.95. The lowest BCUT2D eigenvalue weighted by atomic mass is 9.97. The molecule has 0 saturated carbocycles. The predicted molar refractivity (Wildman–Crippen MR) is 103 cm³/mol. The highest BCUT2D eigenvalue weighted by molar-refractivity contribution is 5.80. The Morgan fingerprint density at radius 2 is 1.67 bits per heavy atom.